The molecule has 2 amide bonds. The number of carbonyl (C=O) groups is 1. The number of hydrogen-bond acceptors (Lipinski definition) is 1. The standard InChI is InChI=1S/C17H16BrN3O/c1-2-21-11-15(14-8-3-4-9-16(14)21)20-17(22)19-13-7-5-6-12(18)10-13/h3-11H,2H2,1H3,(H2,19,20,22). The van der Waals surface area contributed by atoms with Crippen molar-refractivity contribution in [3.8, 4) is 0 Å². The maximum Gasteiger partial charge on any atom is 0.323 e. The van der Waals surface area contributed by atoms with Gasteiger partial charge < -0.3 is 15.2 Å². The van der Waals surface area contributed by atoms with Crippen molar-refractivity contribution in [1.29, 1.82) is 0 Å². The van der Waals surface area contributed by atoms with Crippen molar-refractivity contribution in [2.45, 2.75) is 13.5 Å². The summed E-state index contributed by atoms with van der Waals surface area (Å²) in [4.78, 5) is 12.2. The Morgan fingerprint density at radius 2 is 1.95 bits per heavy atom. The van der Waals surface area contributed by atoms with Crippen molar-refractivity contribution < 1.29 is 4.79 Å². The number of urea groups is 1. The smallest absolute Gasteiger partial charge is 0.323 e. The number of fused-ring (bicyclic) bond motifs is 1. The molecular formula is C17H16BrN3O. The molecule has 112 valence electrons. The number of benzene rings is 2. The fraction of sp³-hybridized carbons (Fsp3) is 0.118. The van der Waals surface area contributed by atoms with Gasteiger partial charge in [-0.25, -0.2) is 4.79 Å². The fourth-order valence-electron chi connectivity index (χ4n) is 2.46. The molecule has 4 nitrogen and oxygen atoms in total. The number of para-hydroxylation sites is 1. The van der Waals surface area contributed by atoms with E-state index in [2.05, 4.69) is 44.1 Å². The van der Waals surface area contributed by atoms with Crippen molar-refractivity contribution in [1.82, 2.24) is 4.57 Å². The van der Waals surface area contributed by atoms with E-state index in [9.17, 15) is 4.79 Å². The first-order chi connectivity index (χ1) is 10.7. The minimum atomic E-state index is -0.253. The number of aryl methyl sites for hydroxylation is 1. The first-order valence-corrected chi connectivity index (χ1v) is 7.88. The van der Waals surface area contributed by atoms with Crippen LogP contribution < -0.4 is 10.6 Å². The second kappa shape index (κ2) is 6.23. The van der Waals surface area contributed by atoms with Crippen LogP contribution in [0.25, 0.3) is 10.9 Å². The molecule has 0 unspecified atom stereocenters. The van der Waals surface area contributed by atoms with Gasteiger partial charge in [0.2, 0.25) is 0 Å². The third-order valence-corrected chi connectivity index (χ3v) is 3.95. The van der Waals surface area contributed by atoms with Gasteiger partial charge in [-0.3, -0.25) is 0 Å². The van der Waals surface area contributed by atoms with Crippen LogP contribution in [-0.4, -0.2) is 10.6 Å². The highest BCUT2D eigenvalue weighted by atomic mass is 79.9. The number of nitrogens with zero attached hydrogens (tertiary/aromatic N) is 1. The van der Waals surface area contributed by atoms with Gasteiger partial charge in [-0.1, -0.05) is 40.2 Å². The highest BCUT2D eigenvalue weighted by Gasteiger charge is 2.10. The maximum absolute atomic E-state index is 12.2. The summed E-state index contributed by atoms with van der Waals surface area (Å²) in [6, 6.07) is 15.3. The average Bonchev–Trinajstić information content (AvgIpc) is 2.85. The third kappa shape index (κ3) is 2.99. The fourth-order valence-corrected chi connectivity index (χ4v) is 2.86. The molecule has 5 heteroatoms. The second-order valence-corrected chi connectivity index (χ2v) is 5.85. The number of anilines is 2. The lowest BCUT2D eigenvalue weighted by molar-refractivity contribution is 0.262. The lowest BCUT2D eigenvalue weighted by Crippen LogP contribution is -2.19. The van der Waals surface area contributed by atoms with Gasteiger partial charge in [-0.15, -0.1) is 0 Å². The Bertz CT molecular complexity index is 826. The van der Waals surface area contributed by atoms with E-state index in [0.29, 0.717) is 0 Å². The Morgan fingerprint density at radius 3 is 2.73 bits per heavy atom. The van der Waals surface area contributed by atoms with Crippen LogP contribution in [-0.2, 0) is 6.54 Å². The van der Waals surface area contributed by atoms with Gasteiger partial charge in [-0.2, -0.15) is 0 Å². The monoisotopic (exact) mass is 357 g/mol. The van der Waals surface area contributed by atoms with Crippen LogP contribution in [0.3, 0.4) is 0 Å². The highest BCUT2D eigenvalue weighted by molar-refractivity contribution is 9.10. The zero-order valence-corrected chi connectivity index (χ0v) is 13.7. The van der Waals surface area contributed by atoms with Gasteiger partial charge in [0.1, 0.15) is 0 Å². The predicted molar refractivity (Wildman–Crippen MR) is 94.4 cm³/mol. The van der Waals surface area contributed by atoms with Crippen molar-refractivity contribution >= 4 is 44.2 Å². The van der Waals surface area contributed by atoms with Crippen LogP contribution in [0.2, 0.25) is 0 Å². The molecule has 0 aliphatic carbocycles. The summed E-state index contributed by atoms with van der Waals surface area (Å²) in [7, 11) is 0. The molecule has 0 aliphatic heterocycles. The number of hydrogen-bond donors (Lipinski definition) is 2. The second-order valence-electron chi connectivity index (χ2n) is 4.94. The van der Waals surface area contributed by atoms with Gasteiger partial charge in [-0.05, 0) is 31.2 Å². The largest absolute Gasteiger partial charge is 0.346 e. The van der Waals surface area contributed by atoms with Crippen molar-refractivity contribution in [2.75, 3.05) is 10.6 Å². The number of amides is 2. The normalized spacial score (nSPS) is 10.6. The molecule has 2 aromatic carbocycles. The van der Waals surface area contributed by atoms with Gasteiger partial charge in [0.25, 0.3) is 0 Å². The summed E-state index contributed by atoms with van der Waals surface area (Å²) < 4.78 is 3.04. The molecule has 2 N–H and O–H groups in total. The van der Waals surface area contributed by atoms with Gasteiger partial charge in [0, 0.05) is 28.3 Å². The highest BCUT2D eigenvalue weighted by Crippen LogP contribution is 2.26. The summed E-state index contributed by atoms with van der Waals surface area (Å²) in [5.41, 5.74) is 2.67. The molecular weight excluding hydrogens is 342 g/mol. The Kier molecular flexibility index (Phi) is 4.15. The Balaban J connectivity index is 1.82. The van der Waals surface area contributed by atoms with E-state index in [1.807, 2.05) is 48.7 Å². The summed E-state index contributed by atoms with van der Waals surface area (Å²) in [6.45, 7) is 2.94. The van der Waals surface area contributed by atoms with E-state index >= 15 is 0 Å². The quantitative estimate of drug-likeness (QED) is 0.675. The zero-order chi connectivity index (χ0) is 15.5. The molecule has 0 spiro atoms. The molecule has 0 atom stereocenters. The van der Waals surface area contributed by atoms with Crippen molar-refractivity contribution in [3.63, 3.8) is 0 Å². The van der Waals surface area contributed by atoms with Crippen LogP contribution in [0.1, 0.15) is 6.92 Å². The van der Waals surface area contributed by atoms with Crippen LogP contribution >= 0.6 is 15.9 Å². The van der Waals surface area contributed by atoms with E-state index in [1.54, 1.807) is 0 Å². The molecule has 0 saturated heterocycles. The first-order valence-electron chi connectivity index (χ1n) is 7.09. The molecule has 0 bridgehead atoms. The molecule has 0 fully saturated rings. The van der Waals surface area contributed by atoms with E-state index in [-0.39, 0.29) is 6.03 Å². The van der Waals surface area contributed by atoms with Gasteiger partial charge in [0.15, 0.2) is 0 Å². The topological polar surface area (TPSA) is 46.1 Å². The minimum absolute atomic E-state index is 0.253. The number of aromatic nitrogens is 1. The predicted octanol–water partition coefficient (Wildman–Crippen LogP) is 5.07. The Labute approximate surface area is 137 Å². The summed E-state index contributed by atoms with van der Waals surface area (Å²) in [5, 5.41) is 6.79. The van der Waals surface area contributed by atoms with Crippen LogP contribution in [0.15, 0.2) is 59.2 Å². The van der Waals surface area contributed by atoms with E-state index < -0.39 is 0 Å². The van der Waals surface area contributed by atoms with Gasteiger partial charge in [0.05, 0.1) is 11.2 Å². The number of rotatable bonds is 3. The van der Waals surface area contributed by atoms with E-state index in [4.69, 9.17) is 0 Å². The Hall–Kier alpha value is -2.27. The molecule has 0 saturated carbocycles. The molecule has 0 aliphatic rings. The number of nitrogens with one attached hydrogen (secondary N) is 2. The van der Waals surface area contributed by atoms with Crippen molar-refractivity contribution in [3.05, 3.63) is 59.2 Å². The third-order valence-electron chi connectivity index (χ3n) is 3.46. The minimum Gasteiger partial charge on any atom is -0.346 e. The lowest BCUT2D eigenvalue weighted by atomic mass is 10.2. The number of halogens is 1. The molecule has 3 aromatic rings. The van der Waals surface area contributed by atoms with Crippen LogP contribution in [0.5, 0.6) is 0 Å². The number of carbonyl (C=O) groups excluding carboxylic acids is 1. The molecule has 3 rings (SSSR count). The van der Waals surface area contributed by atoms with Crippen LogP contribution in [0.4, 0.5) is 16.2 Å². The Morgan fingerprint density at radius 1 is 1.14 bits per heavy atom. The summed E-state index contributed by atoms with van der Waals surface area (Å²) in [6.07, 6.45) is 1.96. The molecule has 22 heavy (non-hydrogen) atoms. The lowest BCUT2D eigenvalue weighted by Gasteiger charge is -2.07. The molecule has 1 heterocycles. The summed E-state index contributed by atoms with van der Waals surface area (Å²) >= 11 is 3.39. The van der Waals surface area contributed by atoms with Crippen molar-refractivity contribution in [2.24, 2.45) is 0 Å². The van der Waals surface area contributed by atoms with Crippen LogP contribution in [0, 0.1) is 0 Å². The molecule has 0 radical (unpaired) electrons. The van der Waals surface area contributed by atoms with E-state index in [0.717, 1.165) is 33.3 Å². The average molecular weight is 358 g/mol. The zero-order valence-electron chi connectivity index (χ0n) is 12.1. The van der Waals surface area contributed by atoms with Gasteiger partial charge >= 0.3 is 6.03 Å². The van der Waals surface area contributed by atoms with E-state index in [1.165, 1.54) is 0 Å². The SMILES string of the molecule is CCn1cc(NC(=O)Nc2cccc(Br)c2)c2ccccc21. The molecule has 1 aromatic heterocycles. The summed E-state index contributed by atoms with van der Waals surface area (Å²) in [5.74, 6) is 0. The maximum atomic E-state index is 12.2. The first kappa shape index (κ1) is 14.7.